The smallest absolute Gasteiger partial charge is 0.331 e. The molecule has 0 amide bonds. The summed E-state index contributed by atoms with van der Waals surface area (Å²) in [5, 5.41) is 3.46. The van der Waals surface area contributed by atoms with Crippen LogP contribution in [0.25, 0.3) is 0 Å². The van der Waals surface area contributed by atoms with Gasteiger partial charge in [0.15, 0.2) is 0 Å². The van der Waals surface area contributed by atoms with Crippen LogP contribution < -0.4 is 5.32 Å². The molecule has 0 aliphatic heterocycles. The van der Waals surface area contributed by atoms with Crippen LogP contribution in [-0.4, -0.2) is 18.6 Å². The molecule has 1 saturated carbocycles. The number of rotatable bonds is 4. The predicted molar refractivity (Wildman–Crippen MR) is 81.7 cm³/mol. The molecule has 0 radical (unpaired) electrons. The SMILES string of the molecule is CCC1CCCC(Nc2ccccc2)(C(=O)OC)CC1. The minimum absolute atomic E-state index is 0.127. The number of hydrogen-bond donors (Lipinski definition) is 1. The first-order valence-electron chi connectivity index (χ1n) is 7.62. The van der Waals surface area contributed by atoms with Crippen molar-refractivity contribution < 1.29 is 9.53 Å². The number of benzene rings is 1. The summed E-state index contributed by atoms with van der Waals surface area (Å²) in [4.78, 5) is 12.4. The molecule has 2 unspecified atom stereocenters. The van der Waals surface area contributed by atoms with E-state index in [2.05, 4.69) is 12.2 Å². The van der Waals surface area contributed by atoms with Crippen molar-refractivity contribution in [1.29, 1.82) is 0 Å². The summed E-state index contributed by atoms with van der Waals surface area (Å²) < 4.78 is 5.09. The minimum Gasteiger partial charge on any atom is -0.467 e. The Labute approximate surface area is 121 Å². The van der Waals surface area contributed by atoms with Gasteiger partial charge in [0.2, 0.25) is 0 Å². The monoisotopic (exact) mass is 275 g/mol. The normalized spacial score (nSPS) is 26.6. The van der Waals surface area contributed by atoms with Crippen molar-refractivity contribution in [1.82, 2.24) is 0 Å². The zero-order valence-electron chi connectivity index (χ0n) is 12.5. The highest BCUT2D eigenvalue weighted by molar-refractivity contribution is 5.84. The third-order valence-corrected chi connectivity index (χ3v) is 4.51. The number of carbonyl (C=O) groups is 1. The highest BCUT2D eigenvalue weighted by atomic mass is 16.5. The van der Waals surface area contributed by atoms with Crippen molar-refractivity contribution in [3.05, 3.63) is 30.3 Å². The Balaban J connectivity index is 2.19. The van der Waals surface area contributed by atoms with Gasteiger partial charge in [-0.1, -0.05) is 44.4 Å². The van der Waals surface area contributed by atoms with Crippen LogP contribution in [0, 0.1) is 5.92 Å². The fourth-order valence-corrected chi connectivity index (χ4v) is 3.19. The van der Waals surface area contributed by atoms with E-state index in [0.29, 0.717) is 0 Å². The Hall–Kier alpha value is -1.51. The molecule has 1 aromatic rings. The average molecular weight is 275 g/mol. The van der Waals surface area contributed by atoms with Crippen LogP contribution in [0.15, 0.2) is 30.3 Å². The molecule has 0 heterocycles. The maximum Gasteiger partial charge on any atom is 0.331 e. The second kappa shape index (κ2) is 6.78. The van der Waals surface area contributed by atoms with Gasteiger partial charge in [0.05, 0.1) is 7.11 Å². The van der Waals surface area contributed by atoms with E-state index in [1.807, 2.05) is 30.3 Å². The van der Waals surface area contributed by atoms with E-state index in [-0.39, 0.29) is 5.97 Å². The molecule has 0 spiro atoms. The molecular weight excluding hydrogens is 250 g/mol. The number of methoxy groups -OCH3 is 1. The Kier molecular flexibility index (Phi) is 5.05. The van der Waals surface area contributed by atoms with Gasteiger partial charge < -0.3 is 10.1 Å². The van der Waals surface area contributed by atoms with Crippen molar-refractivity contribution >= 4 is 11.7 Å². The molecule has 0 bridgehead atoms. The second-order valence-electron chi connectivity index (χ2n) is 5.77. The summed E-state index contributed by atoms with van der Waals surface area (Å²) in [6, 6.07) is 9.97. The van der Waals surface area contributed by atoms with Gasteiger partial charge in [-0.25, -0.2) is 4.79 Å². The molecule has 0 saturated heterocycles. The molecule has 1 N–H and O–H groups in total. The van der Waals surface area contributed by atoms with E-state index in [1.54, 1.807) is 0 Å². The average Bonchev–Trinajstić information content (AvgIpc) is 2.70. The number of carbonyl (C=O) groups excluding carboxylic acids is 1. The number of ether oxygens (including phenoxy) is 1. The van der Waals surface area contributed by atoms with E-state index in [0.717, 1.165) is 37.3 Å². The van der Waals surface area contributed by atoms with Gasteiger partial charge in [-0.3, -0.25) is 0 Å². The third kappa shape index (κ3) is 3.33. The van der Waals surface area contributed by atoms with E-state index >= 15 is 0 Å². The van der Waals surface area contributed by atoms with Gasteiger partial charge in [0, 0.05) is 5.69 Å². The lowest BCUT2D eigenvalue weighted by atomic mass is 9.89. The molecule has 20 heavy (non-hydrogen) atoms. The standard InChI is InChI=1S/C17H25NO2/c1-3-14-8-7-12-17(13-11-14,16(19)20-2)18-15-9-5-4-6-10-15/h4-6,9-10,14,18H,3,7-8,11-13H2,1-2H3. The van der Waals surface area contributed by atoms with Gasteiger partial charge in [0.1, 0.15) is 5.54 Å². The summed E-state index contributed by atoms with van der Waals surface area (Å²) >= 11 is 0. The summed E-state index contributed by atoms with van der Waals surface area (Å²) in [7, 11) is 1.49. The van der Waals surface area contributed by atoms with Gasteiger partial charge in [-0.05, 0) is 37.3 Å². The first-order chi connectivity index (χ1) is 9.70. The topological polar surface area (TPSA) is 38.3 Å². The van der Waals surface area contributed by atoms with Gasteiger partial charge in [-0.15, -0.1) is 0 Å². The Bertz CT molecular complexity index is 432. The number of nitrogens with one attached hydrogen (secondary N) is 1. The quantitative estimate of drug-likeness (QED) is 0.666. The zero-order valence-corrected chi connectivity index (χ0v) is 12.5. The van der Waals surface area contributed by atoms with Crippen LogP contribution in [0.3, 0.4) is 0 Å². The fraction of sp³-hybridized carbons (Fsp3) is 0.588. The van der Waals surface area contributed by atoms with Gasteiger partial charge in [0.25, 0.3) is 0 Å². The van der Waals surface area contributed by atoms with Gasteiger partial charge >= 0.3 is 5.97 Å². The van der Waals surface area contributed by atoms with E-state index in [4.69, 9.17) is 4.74 Å². The van der Waals surface area contributed by atoms with Crippen LogP contribution in [0.5, 0.6) is 0 Å². The van der Waals surface area contributed by atoms with Crippen LogP contribution in [-0.2, 0) is 9.53 Å². The predicted octanol–water partition coefficient (Wildman–Crippen LogP) is 4.00. The molecule has 3 heteroatoms. The lowest BCUT2D eigenvalue weighted by Gasteiger charge is -2.32. The maximum absolute atomic E-state index is 12.4. The fourth-order valence-electron chi connectivity index (χ4n) is 3.19. The molecule has 3 nitrogen and oxygen atoms in total. The van der Waals surface area contributed by atoms with Crippen molar-refractivity contribution in [2.45, 2.75) is 51.0 Å². The number of hydrogen-bond acceptors (Lipinski definition) is 3. The minimum atomic E-state index is -0.556. The molecular formula is C17H25NO2. The van der Waals surface area contributed by atoms with E-state index in [1.165, 1.54) is 20.0 Å². The summed E-state index contributed by atoms with van der Waals surface area (Å²) in [6.45, 7) is 2.24. The lowest BCUT2D eigenvalue weighted by Crippen LogP contribution is -2.46. The highest BCUT2D eigenvalue weighted by Gasteiger charge is 2.40. The third-order valence-electron chi connectivity index (χ3n) is 4.51. The Morgan fingerprint density at radius 3 is 2.70 bits per heavy atom. The first kappa shape index (κ1) is 14.9. The summed E-state index contributed by atoms with van der Waals surface area (Å²) in [6.07, 6.45) is 6.28. The molecule has 1 aliphatic rings. The highest BCUT2D eigenvalue weighted by Crippen LogP contribution is 2.35. The van der Waals surface area contributed by atoms with Crippen molar-refractivity contribution in [2.75, 3.05) is 12.4 Å². The van der Waals surface area contributed by atoms with E-state index < -0.39 is 5.54 Å². The van der Waals surface area contributed by atoms with Crippen molar-refractivity contribution in [3.63, 3.8) is 0 Å². The molecule has 2 atom stereocenters. The summed E-state index contributed by atoms with van der Waals surface area (Å²) in [5.41, 5.74) is 0.438. The lowest BCUT2D eigenvalue weighted by molar-refractivity contribution is -0.146. The number of esters is 1. The molecule has 2 rings (SSSR count). The van der Waals surface area contributed by atoms with Crippen LogP contribution in [0.4, 0.5) is 5.69 Å². The number of anilines is 1. The molecule has 1 aliphatic carbocycles. The van der Waals surface area contributed by atoms with Crippen LogP contribution in [0.2, 0.25) is 0 Å². The van der Waals surface area contributed by atoms with E-state index in [9.17, 15) is 4.79 Å². The molecule has 1 aromatic carbocycles. The van der Waals surface area contributed by atoms with Crippen molar-refractivity contribution in [2.24, 2.45) is 5.92 Å². The molecule has 1 fully saturated rings. The Morgan fingerprint density at radius 1 is 1.30 bits per heavy atom. The maximum atomic E-state index is 12.4. The van der Waals surface area contributed by atoms with Gasteiger partial charge in [-0.2, -0.15) is 0 Å². The van der Waals surface area contributed by atoms with Crippen molar-refractivity contribution in [3.8, 4) is 0 Å². The largest absolute Gasteiger partial charge is 0.467 e. The molecule has 0 aromatic heterocycles. The number of para-hydroxylation sites is 1. The second-order valence-corrected chi connectivity index (χ2v) is 5.77. The zero-order chi connectivity index (χ0) is 14.4. The van der Waals surface area contributed by atoms with Crippen LogP contribution >= 0.6 is 0 Å². The van der Waals surface area contributed by atoms with Crippen LogP contribution in [0.1, 0.15) is 45.4 Å². The summed E-state index contributed by atoms with van der Waals surface area (Å²) in [5.74, 6) is 0.609. The Morgan fingerprint density at radius 2 is 2.05 bits per heavy atom. The first-order valence-corrected chi connectivity index (χ1v) is 7.62. The molecule has 110 valence electrons.